The van der Waals surface area contributed by atoms with Gasteiger partial charge in [0, 0.05) is 10.6 Å². The molecule has 0 saturated carbocycles. The van der Waals surface area contributed by atoms with Crippen LogP contribution >= 0.6 is 23.5 Å². The number of nitrogens with zero attached hydrogens (tertiary/aromatic N) is 1. The van der Waals surface area contributed by atoms with E-state index in [0.717, 1.165) is 4.90 Å². The molecule has 21 heavy (non-hydrogen) atoms. The number of thioether (sulfide) groups is 2. The lowest BCUT2D eigenvalue weighted by molar-refractivity contribution is -0.141. The Morgan fingerprint density at radius 3 is 2.62 bits per heavy atom. The number of carbonyl (C=O) groups excluding carboxylic acids is 1. The van der Waals surface area contributed by atoms with Crippen molar-refractivity contribution in [1.82, 2.24) is 4.90 Å². The van der Waals surface area contributed by atoms with Crippen molar-refractivity contribution in [3.63, 3.8) is 0 Å². The predicted octanol–water partition coefficient (Wildman–Crippen LogP) is 3.03. The standard InChI is InChI=1S/C15H19NO3S2/c1-9(2)14-16(11(8-21-14)15(18)19)13(17)10-6-4-5-7-12(10)20-3/h4-7,9,11,14H,8H2,1-3H3,(H,18,19). The molecule has 2 atom stereocenters. The smallest absolute Gasteiger partial charge is 0.327 e. The molecule has 2 rings (SSSR count). The maximum Gasteiger partial charge on any atom is 0.327 e. The molecule has 0 spiro atoms. The maximum atomic E-state index is 12.9. The number of carbonyl (C=O) groups is 2. The molecule has 1 aliphatic rings. The van der Waals surface area contributed by atoms with E-state index in [1.54, 1.807) is 22.7 Å². The number of hydrogen-bond acceptors (Lipinski definition) is 4. The third-order valence-electron chi connectivity index (χ3n) is 3.46. The zero-order chi connectivity index (χ0) is 15.6. The Hall–Kier alpha value is -1.14. The van der Waals surface area contributed by atoms with E-state index in [-0.39, 0.29) is 17.2 Å². The maximum absolute atomic E-state index is 12.9. The van der Waals surface area contributed by atoms with E-state index >= 15 is 0 Å². The van der Waals surface area contributed by atoms with Crippen LogP contribution in [0.1, 0.15) is 24.2 Å². The van der Waals surface area contributed by atoms with Gasteiger partial charge in [0.15, 0.2) is 0 Å². The van der Waals surface area contributed by atoms with Gasteiger partial charge in [0.05, 0.1) is 10.9 Å². The summed E-state index contributed by atoms with van der Waals surface area (Å²) in [4.78, 5) is 26.8. The molecular formula is C15H19NO3S2. The highest BCUT2D eigenvalue weighted by Gasteiger charge is 2.43. The summed E-state index contributed by atoms with van der Waals surface area (Å²) in [5, 5.41) is 9.30. The van der Waals surface area contributed by atoms with Crippen molar-refractivity contribution in [2.45, 2.75) is 30.2 Å². The number of benzene rings is 1. The molecule has 0 bridgehead atoms. The number of carboxylic acids is 1. The van der Waals surface area contributed by atoms with Gasteiger partial charge in [-0.15, -0.1) is 23.5 Å². The van der Waals surface area contributed by atoms with Crippen molar-refractivity contribution in [2.24, 2.45) is 5.92 Å². The zero-order valence-corrected chi connectivity index (χ0v) is 13.9. The van der Waals surface area contributed by atoms with Crippen LogP contribution in [0.4, 0.5) is 0 Å². The molecule has 1 heterocycles. The summed E-state index contributed by atoms with van der Waals surface area (Å²) >= 11 is 3.05. The van der Waals surface area contributed by atoms with Gasteiger partial charge < -0.3 is 10.0 Å². The van der Waals surface area contributed by atoms with E-state index in [1.165, 1.54) is 11.8 Å². The highest BCUT2D eigenvalue weighted by molar-refractivity contribution is 8.00. The zero-order valence-electron chi connectivity index (χ0n) is 12.3. The largest absolute Gasteiger partial charge is 0.480 e. The topological polar surface area (TPSA) is 57.6 Å². The van der Waals surface area contributed by atoms with Crippen molar-refractivity contribution in [3.8, 4) is 0 Å². The van der Waals surface area contributed by atoms with Crippen LogP contribution in [-0.2, 0) is 4.79 Å². The Balaban J connectivity index is 2.39. The van der Waals surface area contributed by atoms with Gasteiger partial charge in [0.2, 0.25) is 0 Å². The van der Waals surface area contributed by atoms with Crippen LogP contribution < -0.4 is 0 Å². The quantitative estimate of drug-likeness (QED) is 0.862. The Bertz CT molecular complexity index is 547. The average molecular weight is 325 g/mol. The Morgan fingerprint density at radius 2 is 2.05 bits per heavy atom. The van der Waals surface area contributed by atoms with Crippen LogP contribution in [0.25, 0.3) is 0 Å². The molecule has 0 aliphatic carbocycles. The van der Waals surface area contributed by atoms with Gasteiger partial charge >= 0.3 is 5.97 Å². The van der Waals surface area contributed by atoms with Gasteiger partial charge in [-0.3, -0.25) is 4.79 Å². The molecule has 4 nitrogen and oxygen atoms in total. The van der Waals surface area contributed by atoms with Crippen LogP contribution in [0.2, 0.25) is 0 Å². The first kappa shape index (κ1) is 16.2. The summed E-state index contributed by atoms with van der Waals surface area (Å²) in [6, 6.07) is 6.62. The van der Waals surface area contributed by atoms with Gasteiger partial charge in [-0.1, -0.05) is 26.0 Å². The van der Waals surface area contributed by atoms with E-state index in [4.69, 9.17) is 0 Å². The van der Waals surface area contributed by atoms with E-state index in [1.807, 2.05) is 38.3 Å². The highest BCUT2D eigenvalue weighted by atomic mass is 32.2. The van der Waals surface area contributed by atoms with Gasteiger partial charge in [-0.25, -0.2) is 4.79 Å². The minimum absolute atomic E-state index is 0.0893. The summed E-state index contributed by atoms with van der Waals surface area (Å²) in [5.41, 5.74) is 0.587. The fourth-order valence-corrected chi connectivity index (χ4v) is 4.51. The van der Waals surface area contributed by atoms with E-state index in [9.17, 15) is 14.7 Å². The first-order chi connectivity index (χ1) is 9.97. The average Bonchev–Trinajstić information content (AvgIpc) is 2.91. The molecule has 6 heteroatoms. The van der Waals surface area contributed by atoms with Crippen LogP contribution in [0.3, 0.4) is 0 Å². The molecule has 1 saturated heterocycles. The van der Waals surface area contributed by atoms with Gasteiger partial charge in [0.1, 0.15) is 6.04 Å². The minimum Gasteiger partial charge on any atom is -0.480 e. The molecule has 0 aromatic heterocycles. The highest BCUT2D eigenvalue weighted by Crippen LogP contribution is 2.36. The minimum atomic E-state index is -0.930. The van der Waals surface area contributed by atoms with Crippen molar-refractivity contribution in [2.75, 3.05) is 12.0 Å². The molecule has 1 aromatic rings. The van der Waals surface area contributed by atoms with E-state index < -0.39 is 12.0 Å². The second kappa shape index (κ2) is 6.75. The van der Waals surface area contributed by atoms with E-state index in [2.05, 4.69) is 0 Å². The Morgan fingerprint density at radius 1 is 1.38 bits per heavy atom. The fourth-order valence-electron chi connectivity index (χ4n) is 2.45. The van der Waals surface area contributed by atoms with E-state index in [0.29, 0.717) is 11.3 Å². The summed E-state index contributed by atoms with van der Waals surface area (Å²) in [6.07, 6.45) is 1.92. The molecule has 1 amide bonds. The summed E-state index contributed by atoms with van der Waals surface area (Å²) in [6.45, 7) is 4.03. The summed E-state index contributed by atoms with van der Waals surface area (Å²) in [7, 11) is 0. The molecule has 0 radical (unpaired) electrons. The number of hydrogen-bond donors (Lipinski definition) is 1. The molecule has 2 unspecified atom stereocenters. The van der Waals surface area contributed by atoms with Crippen molar-refractivity contribution < 1.29 is 14.7 Å². The van der Waals surface area contributed by atoms with Crippen LogP contribution in [0.15, 0.2) is 29.2 Å². The summed E-state index contributed by atoms with van der Waals surface area (Å²) in [5.74, 6) is -0.452. The molecule has 1 aliphatic heterocycles. The Kier molecular flexibility index (Phi) is 5.22. The first-order valence-corrected chi connectivity index (χ1v) is 9.04. The van der Waals surface area contributed by atoms with Crippen LogP contribution in [0.5, 0.6) is 0 Å². The second-order valence-corrected chi connectivity index (χ2v) is 7.23. The molecule has 114 valence electrons. The van der Waals surface area contributed by atoms with Crippen molar-refractivity contribution >= 4 is 35.4 Å². The van der Waals surface area contributed by atoms with Gasteiger partial charge in [0.25, 0.3) is 5.91 Å². The molecular weight excluding hydrogens is 306 g/mol. The Labute approximate surface area is 133 Å². The van der Waals surface area contributed by atoms with Crippen molar-refractivity contribution in [3.05, 3.63) is 29.8 Å². The number of amides is 1. The third kappa shape index (κ3) is 3.21. The van der Waals surface area contributed by atoms with Gasteiger partial charge in [-0.05, 0) is 24.3 Å². The lowest BCUT2D eigenvalue weighted by Crippen LogP contribution is -2.47. The third-order valence-corrected chi connectivity index (χ3v) is 5.88. The first-order valence-electron chi connectivity index (χ1n) is 6.77. The number of rotatable bonds is 4. The lowest BCUT2D eigenvalue weighted by atomic mass is 10.1. The van der Waals surface area contributed by atoms with Gasteiger partial charge in [-0.2, -0.15) is 0 Å². The molecule has 1 fully saturated rings. The fraction of sp³-hybridized carbons (Fsp3) is 0.467. The van der Waals surface area contributed by atoms with Crippen molar-refractivity contribution in [1.29, 1.82) is 0 Å². The number of aliphatic carboxylic acids is 1. The van der Waals surface area contributed by atoms with Crippen LogP contribution in [-0.4, -0.2) is 45.3 Å². The normalized spacial score (nSPS) is 21.8. The molecule has 1 aromatic carbocycles. The molecule has 1 N–H and O–H groups in total. The SMILES string of the molecule is CSc1ccccc1C(=O)N1C(C(=O)O)CSC1C(C)C. The lowest BCUT2D eigenvalue weighted by Gasteiger charge is -2.30. The number of carboxylic acid groups (broad SMARTS) is 1. The second-order valence-electron chi connectivity index (χ2n) is 5.23. The van der Waals surface area contributed by atoms with Crippen LogP contribution in [0, 0.1) is 5.92 Å². The summed E-state index contributed by atoms with van der Waals surface area (Å²) < 4.78 is 0. The monoisotopic (exact) mass is 325 g/mol. The predicted molar refractivity (Wildman–Crippen MR) is 86.9 cm³/mol.